The minimum absolute atomic E-state index is 0.125. The molecule has 0 saturated heterocycles. The molecule has 0 aliphatic heterocycles. The van der Waals surface area contributed by atoms with Crippen molar-refractivity contribution in [1.82, 2.24) is 0 Å². The predicted molar refractivity (Wildman–Crippen MR) is 58.8 cm³/mol. The molecule has 0 atom stereocenters. The number of carbonyl (C=O) groups is 1. The summed E-state index contributed by atoms with van der Waals surface area (Å²) in [5.74, 6) is 0.125. The van der Waals surface area contributed by atoms with E-state index in [0.717, 1.165) is 11.1 Å². The van der Waals surface area contributed by atoms with E-state index in [2.05, 4.69) is 15.9 Å². The van der Waals surface area contributed by atoms with Crippen molar-refractivity contribution in [2.24, 2.45) is 0 Å². The molecule has 0 aliphatic rings. The van der Waals surface area contributed by atoms with Crippen LogP contribution in [0.15, 0.2) is 38.2 Å². The lowest BCUT2D eigenvalue weighted by Crippen LogP contribution is -2.00. The van der Waals surface area contributed by atoms with Gasteiger partial charge in [0.05, 0.1) is 6.26 Å². The third-order valence-electron chi connectivity index (χ3n) is 1.83. The predicted octanol–water partition coefficient (Wildman–Crippen LogP) is 3.53. The molecule has 2 rings (SSSR count). The van der Waals surface area contributed by atoms with E-state index in [1.54, 1.807) is 6.26 Å². The summed E-state index contributed by atoms with van der Waals surface area (Å²) >= 11 is 4.73. The molecule has 2 aromatic rings. The molecule has 0 fully saturated rings. The summed E-state index contributed by atoms with van der Waals surface area (Å²) in [5, 5.41) is 3.76. The zero-order valence-electron chi connectivity index (χ0n) is 7.20. The van der Waals surface area contributed by atoms with Crippen LogP contribution in [0.25, 0.3) is 0 Å². The van der Waals surface area contributed by atoms with E-state index < -0.39 is 0 Å². The van der Waals surface area contributed by atoms with Gasteiger partial charge >= 0.3 is 0 Å². The number of ketones is 1. The van der Waals surface area contributed by atoms with E-state index in [0.29, 0.717) is 11.1 Å². The summed E-state index contributed by atoms with van der Waals surface area (Å²) in [4.78, 5) is 11.6. The molecule has 0 saturated carbocycles. The average Bonchev–Trinajstić information content (AvgIpc) is 2.75. The first kappa shape index (κ1) is 9.68. The van der Waals surface area contributed by atoms with Gasteiger partial charge in [-0.15, -0.1) is 0 Å². The Morgan fingerprint density at radius 3 is 3.00 bits per heavy atom. The van der Waals surface area contributed by atoms with Gasteiger partial charge in [-0.05, 0) is 39.0 Å². The minimum Gasteiger partial charge on any atom is -0.457 e. The SMILES string of the molecule is O=C(Cc1coc(Br)c1)c1ccsc1. The average molecular weight is 271 g/mol. The lowest BCUT2D eigenvalue weighted by molar-refractivity contribution is 0.0993. The van der Waals surface area contributed by atoms with Crippen LogP contribution < -0.4 is 0 Å². The van der Waals surface area contributed by atoms with E-state index in [1.165, 1.54) is 11.3 Å². The van der Waals surface area contributed by atoms with Crippen molar-refractivity contribution < 1.29 is 9.21 Å². The fourth-order valence-electron chi connectivity index (χ4n) is 1.15. The van der Waals surface area contributed by atoms with Crippen molar-refractivity contribution in [3.05, 3.63) is 45.0 Å². The number of carbonyl (C=O) groups excluding carboxylic acids is 1. The summed E-state index contributed by atoms with van der Waals surface area (Å²) in [6, 6.07) is 3.65. The van der Waals surface area contributed by atoms with Gasteiger partial charge in [0.2, 0.25) is 0 Å². The summed E-state index contributed by atoms with van der Waals surface area (Å²) in [6.45, 7) is 0. The summed E-state index contributed by atoms with van der Waals surface area (Å²) in [5.41, 5.74) is 1.67. The van der Waals surface area contributed by atoms with Gasteiger partial charge in [-0.25, -0.2) is 0 Å². The molecule has 0 spiro atoms. The Kier molecular flexibility index (Phi) is 2.84. The molecule has 2 heterocycles. The molecular weight excluding hydrogens is 264 g/mol. The van der Waals surface area contributed by atoms with Gasteiger partial charge in [0.25, 0.3) is 0 Å². The summed E-state index contributed by atoms with van der Waals surface area (Å²) < 4.78 is 5.71. The maximum Gasteiger partial charge on any atom is 0.169 e. The maximum absolute atomic E-state index is 11.6. The number of furan rings is 1. The zero-order chi connectivity index (χ0) is 9.97. The lowest BCUT2D eigenvalue weighted by atomic mass is 10.1. The third kappa shape index (κ3) is 2.13. The van der Waals surface area contributed by atoms with Gasteiger partial charge in [-0.1, -0.05) is 0 Å². The van der Waals surface area contributed by atoms with Gasteiger partial charge in [-0.2, -0.15) is 11.3 Å². The fraction of sp³-hybridized carbons (Fsp3) is 0.100. The molecule has 4 heteroatoms. The lowest BCUT2D eigenvalue weighted by Gasteiger charge is -1.93. The topological polar surface area (TPSA) is 30.2 Å². The number of halogens is 1. The van der Waals surface area contributed by atoms with Crippen LogP contribution >= 0.6 is 27.3 Å². The summed E-state index contributed by atoms with van der Waals surface area (Å²) in [6.07, 6.45) is 1.99. The van der Waals surface area contributed by atoms with Crippen LogP contribution in [0.3, 0.4) is 0 Å². The molecule has 0 aliphatic carbocycles. The molecule has 0 aromatic carbocycles. The second kappa shape index (κ2) is 4.11. The van der Waals surface area contributed by atoms with E-state index in [1.807, 2.05) is 22.9 Å². The van der Waals surface area contributed by atoms with Crippen molar-refractivity contribution in [3.63, 3.8) is 0 Å². The first-order valence-corrected chi connectivity index (χ1v) is 5.77. The van der Waals surface area contributed by atoms with Gasteiger partial charge in [0.15, 0.2) is 10.5 Å². The van der Waals surface area contributed by atoms with Crippen LogP contribution in [0.2, 0.25) is 0 Å². The van der Waals surface area contributed by atoms with Crippen LogP contribution in [0, 0.1) is 0 Å². The normalized spacial score (nSPS) is 10.4. The van der Waals surface area contributed by atoms with Gasteiger partial charge in [-0.3, -0.25) is 4.79 Å². The standard InChI is InChI=1S/C10H7BrO2S/c11-10-4-7(5-13-10)3-9(12)8-1-2-14-6-8/h1-2,4-6H,3H2. The quantitative estimate of drug-likeness (QED) is 0.799. The fourth-order valence-corrected chi connectivity index (χ4v) is 2.20. The molecule has 72 valence electrons. The van der Waals surface area contributed by atoms with Crippen LogP contribution in [-0.2, 0) is 6.42 Å². The molecule has 0 bridgehead atoms. The van der Waals surface area contributed by atoms with Crippen LogP contribution in [0.4, 0.5) is 0 Å². The van der Waals surface area contributed by atoms with Crippen LogP contribution in [0.5, 0.6) is 0 Å². The van der Waals surface area contributed by atoms with E-state index >= 15 is 0 Å². The van der Waals surface area contributed by atoms with Crippen molar-refractivity contribution in [1.29, 1.82) is 0 Å². The second-order valence-electron chi connectivity index (χ2n) is 2.87. The molecule has 0 unspecified atom stereocenters. The molecular formula is C10H7BrO2S. The Balaban J connectivity index is 2.09. The third-order valence-corrected chi connectivity index (χ3v) is 2.93. The molecule has 0 amide bonds. The Morgan fingerprint density at radius 2 is 2.43 bits per heavy atom. The van der Waals surface area contributed by atoms with Crippen molar-refractivity contribution >= 4 is 33.0 Å². The Hall–Kier alpha value is -0.870. The minimum atomic E-state index is 0.125. The van der Waals surface area contributed by atoms with Crippen molar-refractivity contribution in [2.45, 2.75) is 6.42 Å². The van der Waals surface area contributed by atoms with Gasteiger partial charge < -0.3 is 4.42 Å². The Morgan fingerprint density at radius 1 is 1.57 bits per heavy atom. The van der Waals surface area contributed by atoms with Crippen molar-refractivity contribution in [2.75, 3.05) is 0 Å². The van der Waals surface area contributed by atoms with E-state index in [-0.39, 0.29) is 5.78 Å². The highest BCUT2D eigenvalue weighted by Crippen LogP contribution is 2.16. The van der Waals surface area contributed by atoms with Gasteiger partial charge in [0, 0.05) is 17.4 Å². The molecule has 0 radical (unpaired) electrons. The zero-order valence-corrected chi connectivity index (χ0v) is 9.60. The number of Topliss-reactive ketones (excluding diaryl/α,β-unsaturated/α-hetero) is 1. The maximum atomic E-state index is 11.6. The second-order valence-corrected chi connectivity index (χ2v) is 4.43. The number of rotatable bonds is 3. The number of hydrogen-bond acceptors (Lipinski definition) is 3. The Labute approximate surface area is 93.7 Å². The monoisotopic (exact) mass is 270 g/mol. The van der Waals surface area contributed by atoms with E-state index in [9.17, 15) is 4.79 Å². The smallest absolute Gasteiger partial charge is 0.169 e. The molecule has 2 nitrogen and oxygen atoms in total. The van der Waals surface area contributed by atoms with Gasteiger partial charge in [0.1, 0.15) is 0 Å². The molecule has 0 N–H and O–H groups in total. The number of thiophene rings is 1. The van der Waals surface area contributed by atoms with Crippen LogP contribution in [-0.4, -0.2) is 5.78 Å². The largest absolute Gasteiger partial charge is 0.457 e. The first-order valence-electron chi connectivity index (χ1n) is 4.04. The Bertz CT molecular complexity index is 431. The van der Waals surface area contributed by atoms with Crippen molar-refractivity contribution in [3.8, 4) is 0 Å². The first-order chi connectivity index (χ1) is 6.75. The molecule has 2 aromatic heterocycles. The van der Waals surface area contributed by atoms with Crippen LogP contribution in [0.1, 0.15) is 15.9 Å². The molecule has 14 heavy (non-hydrogen) atoms. The highest BCUT2D eigenvalue weighted by Gasteiger charge is 2.08. The highest BCUT2D eigenvalue weighted by atomic mass is 79.9. The number of hydrogen-bond donors (Lipinski definition) is 0. The van der Waals surface area contributed by atoms with E-state index in [4.69, 9.17) is 4.42 Å². The highest BCUT2D eigenvalue weighted by molar-refractivity contribution is 9.10. The summed E-state index contributed by atoms with van der Waals surface area (Å²) in [7, 11) is 0.